The SMILES string of the molecule is O=C(CSC1CCCC1)Cc1cc(Br)cs1. The van der Waals surface area contributed by atoms with Crippen LogP contribution in [0.5, 0.6) is 0 Å². The Morgan fingerprint density at radius 2 is 2.25 bits per heavy atom. The molecule has 0 saturated heterocycles. The van der Waals surface area contributed by atoms with E-state index < -0.39 is 0 Å². The van der Waals surface area contributed by atoms with Gasteiger partial charge < -0.3 is 0 Å². The third kappa shape index (κ3) is 3.90. The molecule has 1 saturated carbocycles. The maximum absolute atomic E-state index is 11.7. The van der Waals surface area contributed by atoms with Gasteiger partial charge in [0.2, 0.25) is 0 Å². The molecule has 0 atom stereocenters. The summed E-state index contributed by atoms with van der Waals surface area (Å²) in [5.74, 6) is 1.06. The lowest BCUT2D eigenvalue weighted by Gasteiger charge is -2.06. The Kier molecular flexibility index (Phi) is 4.92. The highest BCUT2D eigenvalue weighted by Crippen LogP contribution is 2.29. The molecule has 1 aromatic heterocycles. The number of carbonyl (C=O) groups is 1. The highest BCUT2D eigenvalue weighted by atomic mass is 79.9. The summed E-state index contributed by atoms with van der Waals surface area (Å²) in [4.78, 5) is 12.9. The quantitative estimate of drug-likeness (QED) is 0.805. The smallest absolute Gasteiger partial charge is 0.147 e. The van der Waals surface area contributed by atoms with Gasteiger partial charge >= 0.3 is 0 Å². The molecule has 0 radical (unpaired) electrons. The Balaban J connectivity index is 1.71. The van der Waals surface area contributed by atoms with Crippen LogP contribution >= 0.6 is 39.0 Å². The number of thiophene rings is 1. The van der Waals surface area contributed by atoms with Crippen molar-refractivity contribution >= 4 is 44.8 Å². The molecule has 0 unspecified atom stereocenters. The van der Waals surface area contributed by atoms with Gasteiger partial charge in [-0.2, -0.15) is 11.8 Å². The first-order valence-electron chi connectivity index (χ1n) is 5.60. The molecule has 1 aliphatic rings. The van der Waals surface area contributed by atoms with Crippen molar-refractivity contribution in [1.29, 1.82) is 0 Å². The van der Waals surface area contributed by atoms with Gasteiger partial charge in [-0.3, -0.25) is 4.79 Å². The van der Waals surface area contributed by atoms with Crippen LogP contribution in [0.4, 0.5) is 0 Å². The maximum atomic E-state index is 11.7. The van der Waals surface area contributed by atoms with Crippen molar-refractivity contribution in [3.8, 4) is 0 Å². The van der Waals surface area contributed by atoms with Gasteiger partial charge in [0, 0.05) is 26.4 Å². The van der Waals surface area contributed by atoms with E-state index in [0.717, 1.165) is 9.72 Å². The van der Waals surface area contributed by atoms with Crippen molar-refractivity contribution < 1.29 is 4.79 Å². The fraction of sp³-hybridized carbons (Fsp3) is 0.583. The van der Waals surface area contributed by atoms with Crippen LogP contribution in [-0.2, 0) is 11.2 Å². The Hall–Kier alpha value is 0.200. The average Bonchev–Trinajstić information content (AvgIpc) is 2.87. The van der Waals surface area contributed by atoms with Gasteiger partial charge in [0.1, 0.15) is 5.78 Å². The normalized spacial score (nSPS) is 16.8. The highest BCUT2D eigenvalue weighted by molar-refractivity contribution is 9.10. The summed E-state index contributed by atoms with van der Waals surface area (Å²) in [6.07, 6.45) is 5.93. The minimum absolute atomic E-state index is 0.367. The molecule has 0 aromatic carbocycles. The topological polar surface area (TPSA) is 17.1 Å². The van der Waals surface area contributed by atoms with Gasteiger partial charge in [-0.05, 0) is 34.8 Å². The van der Waals surface area contributed by atoms with Gasteiger partial charge in [-0.25, -0.2) is 0 Å². The van der Waals surface area contributed by atoms with Gasteiger partial charge in [0.25, 0.3) is 0 Å². The number of rotatable bonds is 5. The summed E-state index contributed by atoms with van der Waals surface area (Å²) in [5.41, 5.74) is 0. The standard InChI is InChI=1S/C12H15BrOS2/c13-9-5-12(15-7-9)6-10(14)8-16-11-3-1-2-4-11/h5,7,11H,1-4,6,8H2. The van der Waals surface area contributed by atoms with Gasteiger partial charge in [-0.1, -0.05) is 12.8 Å². The fourth-order valence-corrected chi connectivity index (χ4v) is 4.63. The largest absolute Gasteiger partial charge is 0.298 e. The average molecular weight is 319 g/mol. The monoisotopic (exact) mass is 318 g/mol. The van der Waals surface area contributed by atoms with E-state index in [2.05, 4.69) is 15.9 Å². The summed E-state index contributed by atoms with van der Waals surface area (Å²) in [7, 11) is 0. The molecule has 1 heterocycles. The molecule has 0 amide bonds. The molecule has 1 aliphatic carbocycles. The van der Waals surface area contributed by atoms with Crippen LogP contribution < -0.4 is 0 Å². The molecule has 1 aromatic rings. The number of Topliss-reactive ketones (excluding diaryl/α,β-unsaturated/α-hetero) is 1. The zero-order valence-corrected chi connectivity index (χ0v) is 12.3. The molecule has 16 heavy (non-hydrogen) atoms. The summed E-state index contributed by atoms with van der Waals surface area (Å²) < 4.78 is 1.09. The summed E-state index contributed by atoms with van der Waals surface area (Å²) in [6, 6.07) is 2.04. The van der Waals surface area contributed by atoms with E-state index in [-0.39, 0.29) is 0 Å². The van der Waals surface area contributed by atoms with Crippen molar-refractivity contribution in [1.82, 2.24) is 0 Å². The van der Waals surface area contributed by atoms with Crippen molar-refractivity contribution in [2.45, 2.75) is 37.4 Å². The maximum Gasteiger partial charge on any atom is 0.147 e. The zero-order chi connectivity index (χ0) is 11.4. The predicted molar refractivity (Wildman–Crippen MR) is 75.4 cm³/mol. The molecular formula is C12H15BrOS2. The lowest BCUT2D eigenvalue weighted by molar-refractivity contribution is -0.115. The van der Waals surface area contributed by atoms with Gasteiger partial charge in [0.15, 0.2) is 0 Å². The predicted octanol–water partition coefficient (Wildman–Crippen LogP) is 4.30. The van der Waals surface area contributed by atoms with E-state index in [1.165, 1.54) is 30.6 Å². The molecule has 0 aliphatic heterocycles. The summed E-state index contributed by atoms with van der Waals surface area (Å²) >= 11 is 6.93. The Morgan fingerprint density at radius 3 is 2.88 bits per heavy atom. The molecule has 1 fully saturated rings. The molecule has 1 nitrogen and oxygen atoms in total. The van der Waals surface area contributed by atoms with Crippen molar-refractivity contribution in [2.24, 2.45) is 0 Å². The van der Waals surface area contributed by atoms with Crippen LogP contribution in [0.25, 0.3) is 0 Å². The fourth-order valence-electron chi connectivity index (χ4n) is 1.96. The second-order valence-corrected chi connectivity index (χ2v) is 7.36. The van der Waals surface area contributed by atoms with E-state index >= 15 is 0 Å². The lowest BCUT2D eigenvalue weighted by Crippen LogP contribution is -2.08. The first-order chi connectivity index (χ1) is 7.74. The van der Waals surface area contributed by atoms with E-state index in [9.17, 15) is 4.79 Å². The van der Waals surface area contributed by atoms with E-state index in [0.29, 0.717) is 18.0 Å². The molecule has 88 valence electrons. The Bertz CT molecular complexity index is 356. The first-order valence-corrected chi connectivity index (χ1v) is 8.32. The van der Waals surface area contributed by atoms with Crippen LogP contribution in [0.15, 0.2) is 15.9 Å². The summed E-state index contributed by atoms with van der Waals surface area (Å²) in [6.45, 7) is 0. The molecule has 4 heteroatoms. The zero-order valence-electron chi connectivity index (χ0n) is 9.08. The second kappa shape index (κ2) is 6.22. The number of thioether (sulfide) groups is 1. The van der Waals surface area contributed by atoms with E-state index in [1.54, 1.807) is 11.3 Å². The van der Waals surface area contributed by atoms with E-state index in [4.69, 9.17) is 0 Å². The number of halogens is 1. The number of carbonyl (C=O) groups excluding carboxylic acids is 1. The lowest BCUT2D eigenvalue weighted by atomic mass is 10.3. The van der Waals surface area contributed by atoms with Gasteiger partial charge in [0.05, 0.1) is 5.75 Å². The minimum atomic E-state index is 0.367. The Morgan fingerprint density at radius 1 is 1.50 bits per heavy atom. The second-order valence-electron chi connectivity index (χ2n) is 4.16. The van der Waals surface area contributed by atoms with Crippen molar-refractivity contribution in [3.63, 3.8) is 0 Å². The van der Waals surface area contributed by atoms with Crippen molar-refractivity contribution in [2.75, 3.05) is 5.75 Å². The molecular weight excluding hydrogens is 304 g/mol. The van der Waals surface area contributed by atoms with Crippen molar-refractivity contribution in [3.05, 3.63) is 20.8 Å². The number of hydrogen-bond donors (Lipinski definition) is 0. The molecule has 0 bridgehead atoms. The minimum Gasteiger partial charge on any atom is -0.298 e. The third-order valence-corrected chi connectivity index (χ3v) is 5.90. The number of hydrogen-bond acceptors (Lipinski definition) is 3. The molecule has 2 rings (SSSR count). The number of ketones is 1. The Labute approximate surface area is 113 Å². The summed E-state index contributed by atoms with van der Waals surface area (Å²) in [5, 5.41) is 2.78. The van der Waals surface area contributed by atoms with Crippen LogP contribution in [0, 0.1) is 0 Å². The van der Waals surface area contributed by atoms with Crippen LogP contribution in [0.1, 0.15) is 30.6 Å². The molecule has 0 spiro atoms. The van der Waals surface area contributed by atoms with Gasteiger partial charge in [-0.15, -0.1) is 11.3 Å². The van der Waals surface area contributed by atoms with E-state index in [1.807, 2.05) is 23.2 Å². The van der Waals surface area contributed by atoms with Crippen LogP contribution in [0.3, 0.4) is 0 Å². The third-order valence-electron chi connectivity index (χ3n) is 2.78. The first kappa shape index (κ1) is 12.7. The highest BCUT2D eigenvalue weighted by Gasteiger charge is 2.16. The van der Waals surface area contributed by atoms with Crippen LogP contribution in [-0.4, -0.2) is 16.8 Å². The van der Waals surface area contributed by atoms with Crippen LogP contribution in [0.2, 0.25) is 0 Å². The molecule has 0 N–H and O–H groups in total.